The Labute approximate surface area is 129 Å². The van der Waals surface area contributed by atoms with Gasteiger partial charge >= 0.3 is 0 Å². The van der Waals surface area contributed by atoms with E-state index in [0.29, 0.717) is 0 Å². The van der Waals surface area contributed by atoms with Gasteiger partial charge in [0.2, 0.25) is 0 Å². The summed E-state index contributed by atoms with van der Waals surface area (Å²) in [5.74, 6) is 0. The number of H-pyrrole nitrogens is 1. The van der Waals surface area contributed by atoms with Crippen LogP contribution in [-0.4, -0.2) is 4.98 Å². The van der Waals surface area contributed by atoms with Gasteiger partial charge in [0.15, 0.2) is 0 Å². The molecule has 0 unspecified atom stereocenters. The Morgan fingerprint density at radius 3 is 1.90 bits per heavy atom. The lowest BCUT2D eigenvalue weighted by Gasteiger charge is -2.02. The van der Waals surface area contributed by atoms with Gasteiger partial charge in [-0.15, -0.1) is 0 Å². The first kappa shape index (κ1) is 17.0. The molecule has 0 radical (unpaired) electrons. The minimum atomic E-state index is 1.21. The van der Waals surface area contributed by atoms with Crippen molar-refractivity contribution < 1.29 is 0 Å². The summed E-state index contributed by atoms with van der Waals surface area (Å²) in [4.78, 5) is 3.44. The summed E-state index contributed by atoms with van der Waals surface area (Å²) < 4.78 is 0. The zero-order valence-electron chi connectivity index (χ0n) is 14.1. The second-order valence-electron chi connectivity index (χ2n) is 4.54. The normalized spacial score (nSPS) is 9.43. The van der Waals surface area contributed by atoms with Gasteiger partial charge in [0.05, 0.1) is 0 Å². The summed E-state index contributed by atoms with van der Waals surface area (Å²) in [6.07, 6.45) is 0. The van der Waals surface area contributed by atoms with E-state index in [0.717, 1.165) is 0 Å². The number of aromatic amines is 1. The molecule has 0 fully saturated rings. The van der Waals surface area contributed by atoms with Crippen molar-refractivity contribution in [2.75, 3.05) is 0 Å². The summed E-state index contributed by atoms with van der Waals surface area (Å²) in [5.41, 5.74) is 6.34. The molecule has 112 valence electrons. The van der Waals surface area contributed by atoms with E-state index >= 15 is 0 Å². The highest BCUT2D eigenvalue weighted by Crippen LogP contribution is 2.31. The number of hydrogen-bond acceptors (Lipinski definition) is 0. The molecule has 3 rings (SSSR count). The minimum Gasteiger partial charge on any atom is -0.358 e. The molecular formula is C20H27N. The van der Waals surface area contributed by atoms with Crippen LogP contribution in [0.1, 0.15) is 39.0 Å². The number of para-hydroxylation sites is 1. The van der Waals surface area contributed by atoms with E-state index in [9.17, 15) is 0 Å². The molecule has 1 nitrogen and oxygen atoms in total. The van der Waals surface area contributed by atoms with E-state index in [4.69, 9.17) is 0 Å². The highest BCUT2D eigenvalue weighted by atomic mass is 14.7. The van der Waals surface area contributed by atoms with E-state index in [-0.39, 0.29) is 0 Å². The summed E-state index contributed by atoms with van der Waals surface area (Å²) >= 11 is 0. The van der Waals surface area contributed by atoms with Gasteiger partial charge in [0.25, 0.3) is 0 Å². The largest absolute Gasteiger partial charge is 0.358 e. The highest BCUT2D eigenvalue weighted by molar-refractivity contribution is 5.97. The van der Waals surface area contributed by atoms with Crippen molar-refractivity contribution in [2.24, 2.45) is 0 Å². The number of hydrogen-bond donors (Lipinski definition) is 1. The molecule has 0 atom stereocenters. The van der Waals surface area contributed by atoms with E-state index in [1.165, 1.54) is 33.3 Å². The predicted molar refractivity (Wildman–Crippen MR) is 95.9 cm³/mol. The number of fused-ring (bicyclic) bond motifs is 1. The monoisotopic (exact) mass is 281 g/mol. The zero-order valence-corrected chi connectivity index (χ0v) is 14.1. The Morgan fingerprint density at radius 2 is 1.29 bits per heavy atom. The molecule has 3 aromatic rings. The van der Waals surface area contributed by atoms with Crippen molar-refractivity contribution >= 4 is 10.9 Å². The van der Waals surface area contributed by atoms with Crippen molar-refractivity contribution in [1.82, 2.24) is 4.98 Å². The van der Waals surface area contributed by atoms with Crippen molar-refractivity contribution in [1.29, 1.82) is 0 Å². The SMILES string of the molecule is CC.CC.Cc1ccc(-c2c(C)[nH]c3ccccc23)cc1. The Hall–Kier alpha value is -2.02. The molecule has 2 aromatic carbocycles. The topological polar surface area (TPSA) is 15.8 Å². The number of nitrogens with one attached hydrogen (secondary N) is 1. The van der Waals surface area contributed by atoms with Gasteiger partial charge in [-0.2, -0.15) is 0 Å². The van der Waals surface area contributed by atoms with Crippen LogP contribution in [-0.2, 0) is 0 Å². The van der Waals surface area contributed by atoms with Crippen LogP contribution in [0.25, 0.3) is 22.0 Å². The molecule has 1 heteroatoms. The second kappa shape index (κ2) is 8.31. The fourth-order valence-electron chi connectivity index (χ4n) is 2.37. The van der Waals surface area contributed by atoms with E-state index < -0.39 is 0 Å². The Bertz CT molecular complexity index is 660. The van der Waals surface area contributed by atoms with E-state index in [1.807, 2.05) is 27.7 Å². The lowest BCUT2D eigenvalue weighted by molar-refractivity contribution is 1.30. The van der Waals surface area contributed by atoms with E-state index in [1.54, 1.807) is 0 Å². The molecule has 0 saturated heterocycles. The van der Waals surface area contributed by atoms with Crippen LogP contribution < -0.4 is 0 Å². The molecular weight excluding hydrogens is 254 g/mol. The molecule has 0 saturated carbocycles. The average molecular weight is 281 g/mol. The fourth-order valence-corrected chi connectivity index (χ4v) is 2.37. The molecule has 1 heterocycles. The van der Waals surface area contributed by atoms with Crippen LogP contribution in [0.3, 0.4) is 0 Å². The Morgan fingerprint density at radius 1 is 0.714 bits per heavy atom. The number of aryl methyl sites for hydroxylation is 2. The van der Waals surface area contributed by atoms with E-state index in [2.05, 4.69) is 67.4 Å². The molecule has 0 aliphatic carbocycles. The third-order valence-electron chi connectivity index (χ3n) is 3.23. The van der Waals surface area contributed by atoms with Gasteiger partial charge in [0, 0.05) is 22.2 Å². The van der Waals surface area contributed by atoms with Gasteiger partial charge in [-0.05, 0) is 25.5 Å². The maximum Gasteiger partial charge on any atom is 0.0462 e. The number of aromatic nitrogens is 1. The summed E-state index contributed by atoms with van der Waals surface area (Å²) in [5, 5.41) is 1.30. The molecule has 1 aromatic heterocycles. The number of benzene rings is 2. The predicted octanol–water partition coefficient (Wildman–Crippen LogP) is 6.50. The maximum absolute atomic E-state index is 3.44. The molecule has 0 bridgehead atoms. The summed E-state index contributed by atoms with van der Waals surface area (Å²) in [6.45, 7) is 12.3. The third kappa shape index (κ3) is 3.75. The quantitative estimate of drug-likeness (QED) is 0.523. The zero-order chi connectivity index (χ0) is 15.8. The van der Waals surface area contributed by atoms with Crippen LogP contribution in [0.4, 0.5) is 0 Å². The first-order valence-corrected chi connectivity index (χ1v) is 7.90. The van der Waals surface area contributed by atoms with Crippen molar-refractivity contribution in [2.45, 2.75) is 41.5 Å². The molecule has 0 aliphatic heterocycles. The molecule has 0 amide bonds. The second-order valence-corrected chi connectivity index (χ2v) is 4.54. The molecule has 0 spiro atoms. The standard InChI is InChI=1S/C16H15N.2C2H6/c1-11-7-9-13(10-8-11)16-12(2)17-15-6-4-3-5-14(15)16;2*1-2/h3-10,17H,1-2H3;2*1-2H3. The lowest BCUT2D eigenvalue weighted by Crippen LogP contribution is -1.80. The van der Waals surface area contributed by atoms with Crippen molar-refractivity contribution in [3.8, 4) is 11.1 Å². The van der Waals surface area contributed by atoms with Crippen molar-refractivity contribution in [3.05, 3.63) is 59.8 Å². The first-order chi connectivity index (χ1) is 10.3. The molecule has 21 heavy (non-hydrogen) atoms. The number of rotatable bonds is 1. The maximum atomic E-state index is 3.44. The highest BCUT2D eigenvalue weighted by Gasteiger charge is 2.09. The third-order valence-corrected chi connectivity index (χ3v) is 3.23. The molecule has 0 aliphatic rings. The van der Waals surface area contributed by atoms with Gasteiger partial charge in [0.1, 0.15) is 0 Å². The van der Waals surface area contributed by atoms with Crippen LogP contribution in [0.5, 0.6) is 0 Å². The summed E-state index contributed by atoms with van der Waals surface area (Å²) in [6, 6.07) is 17.2. The Balaban J connectivity index is 0.000000510. The van der Waals surface area contributed by atoms with Crippen LogP contribution >= 0.6 is 0 Å². The average Bonchev–Trinajstić information content (AvgIpc) is 2.88. The summed E-state index contributed by atoms with van der Waals surface area (Å²) in [7, 11) is 0. The van der Waals surface area contributed by atoms with Gasteiger partial charge in [-0.1, -0.05) is 75.7 Å². The lowest BCUT2D eigenvalue weighted by atomic mass is 10.0. The van der Waals surface area contributed by atoms with Gasteiger partial charge in [-0.25, -0.2) is 0 Å². The van der Waals surface area contributed by atoms with Gasteiger partial charge < -0.3 is 4.98 Å². The minimum absolute atomic E-state index is 1.21. The first-order valence-electron chi connectivity index (χ1n) is 7.90. The Kier molecular flexibility index (Phi) is 6.74. The van der Waals surface area contributed by atoms with Crippen LogP contribution in [0.2, 0.25) is 0 Å². The smallest absolute Gasteiger partial charge is 0.0462 e. The van der Waals surface area contributed by atoms with Crippen LogP contribution in [0.15, 0.2) is 48.5 Å². The van der Waals surface area contributed by atoms with Crippen molar-refractivity contribution in [3.63, 3.8) is 0 Å². The fraction of sp³-hybridized carbons (Fsp3) is 0.300. The molecule has 1 N–H and O–H groups in total. The van der Waals surface area contributed by atoms with Gasteiger partial charge in [-0.3, -0.25) is 0 Å². The van der Waals surface area contributed by atoms with Crippen LogP contribution in [0, 0.1) is 13.8 Å².